The van der Waals surface area contributed by atoms with E-state index in [1.807, 2.05) is 13.1 Å². The summed E-state index contributed by atoms with van der Waals surface area (Å²) in [4.78, 5) is 4.71. The van der Waals surface area contributed by atoms with Gasteiger partial charge in [-0.25, -0.2) is 9.37 Å². The summed E-state index contributed by atoms with van der Waals surface area (Å²) in [5.41, 5.74) is 4.13. The van der Waals surface area contributed by atoms with Crippen molar-refractivity contribution in [3.63, 3.8) is 0 Å². The quantitative estimate of drug-likeness (QED) is 0.509. The minimum atomic E-state index is -0.364. The molecule has 3 heterocycles. The van der Waals surface area contributed by atoms with Gasteiger partial charge in [0.25, 0.3) is 0 Å². The van der Waals surface area contributed by atoms with Crippen LogP contribution in [-0.2, 0) is 13.6 Å². The van der Waals surface area contributed by atoms with Crippen LogP contribution in [0.4, 0.5) is 10.2 Å². The van der Waals surface area contributed by atoms with E-state index in [-0.39, 0.29) is 5.82 Å². The van der Waals surface area contributed by atoms with Gasteiger partial charge in [0.05, 0.1) is 23.1 Å². The van der Waals surface area contributed by atoms with Crippen LogP contribution in [0.15, 0.2) is 54.6 Å². The van der Waals surface area contributed by atoms with Crippen molar-refractivity contribution in [1.29, 1.82) is 0 Å². The molecule has 5 rings (SSSR count). The number of nitrogens with zero attached hydrogens (tertiary/aromatic N) is 6. The lowest BCUT2D eigenvalue weighted by molar-refractivity contribution is 0.629. The van der Waals surface area contributed by atoms with Gasteiger partial charge >= 0.3 is 0 Å². The summed E-state index contributed by atoms with van der Waals surface area (Å²) in [6.45, 7) is 2.55. The van der Waals surface area contributed by atoms with Gasteiger partial charge in [0.2, 0.25) is 0 Å². The Kier molecular flexibility index (Phi) is 3.97. The van der Waals surface area contributed by atoms with Crippen molar-refractivity contribution in [2.24, 2.45) is 7.05 Å². The lowest BCUT2D eigenvalue weighted by Gasteiger charge is -2.07. The first-order valence-electron chi connectivity index (χ1n) is 9.23. The van der Waals surface area contributed by atoms with E-state index in [9.17, 15) is 4.39 Å². The van der Waals surface area contributed by atoms with Gasteiger partial charge in [-0.15, -0.1) is 15.3 Å². The molecule has 0 spiro atoms. The predicted molar refractivity (Wildman–Crippen MR) is 109 cm³/mol. The number of anilines is 1. The fourth-order valence-corrected chi connectivity index (χ4v) is 3.38. The van der Waals surface area contributed by atoms with Gasteiger partial charge in [-0.1, -0.05) is 18.2 Å². The summed E-state index contributed by atoms with van der Waals surface area (Å²) in [6.07, 6.45) is 0. The van der Waals surface area contributed by atoms with Gasteiger partial charge in [-0.05, 0) is 48.9 Å². The van der Waals surface area contributed by atoms with Gasteiger partial charge in [0.1, 0.15) is 17.5 Å². The average molecular weight is 387 g/mol. The summed E-state index contributed by atoms with van der Waals surface area (Å²) in [7, 11) is 1.99. The average Bonchev–Trinajstić information content (AvgIpc) is 3.27. The Labute approximate surface area is 165 Å². The molecule has 0 aliphatic carbocycles. The molecule has 5 aromatic rings. The van der Waals surface area contributed by atoms with Crippen molar-refractivity contribution in [3.8, 4) is 11.4 Å². The molecule has 0 radical (unpaired) electrons. The van der Waals surface area contributed by atoms with E-state index in [4.69, 9.17) is 4.98 Å². The molecule has 0 aliphatic heterocycles. The summed E-state index contributed by atoms with van der Waals surface area (Å²) >= 11 is 0. The van der Waals surface area contributed by atoms with Crippen molar-refractivity contribution in [2.45, 2.75) is 13.5 Å². The molecular weight excluding hydrogens is 369 g/mol. The Hall–Kier alpha value is -3.81. The third-order valence-electron chi connectivity index (χ3n) is 4.93. The molecule has 144 valence electrons. The van der Waals surface area contributed by atoms with E-state index in [2.05, 4.69) is 50.3 Å². The summed E-state index contributed by atoms with van der Waals surface area (Å²) in [5.74, 6) is 1.51. The Balaban J connectivity index is 1.46. The normalized spacial score (nSPS) is 11.4. The summed E-state index contributed by atoms with van der Waals surface area (Å²) in [5, 5.41) is 16.0. The number of imidazole rings is 1. The molecule has 0 saturated heterocycles. The van der Waals surface area contributed by atoms with Gasteiger partial charge in [0, 0.05) is 7.05 Å². The SMILES string of the molecule is Cc1ccc2c(c1)nc(CNc1ccc3nnc(-c4ccccc4F)n3n1)n2C. The van der Waals surface area contributed by atoms with E-state index in [0.717, 1.165) is 16.9 Å². The predicted octanol–water partition coefficient (Wildman–Crippen LogP) is 3.74. The first kappa shape index (κ1) is 17.3. The Bertz CT molecular complexity index is 1350. The lowest BCUT2D eigenvalue weighted by atomic mass is 10.2. The number of nitrogens with one attached hydrogen (secondary N) is 1. The highest BCUT2D eigenvalue weighted by molar-refractivity contribution is 5.76. The topological polar surface area (TPSA) is 72.9 Å². The van der Waals surface area contributed by atoms with Crippen LogP contribution in [0, 0.1) is 12.7 Å². The number of fused-ring (bicyclic) bond motifs is 2. The molecule has 0 saturated carbocycles. The Morgan fingerprint density at radius 2 is 1.90 bits per heavy atom. The van der Waals surface area contributed by atoms with E-state index >= 15 is 0 Å². The second-order valence-electron chi connectivity index (χ2n) is 6.92. The monoisotopic (exact) mass is 387 g/mol. The summed E-state index contributed by atoms with van der Waals surface area (Å²) in [6, 6.07) is 16.3. The molecule has 0 fully saturated rings. The lowest BCUT2D eigenvalue weighted by Crippen LogP contribution is -2.08. The molecule has 0 aliphatic rings. The van der Waals surface area contributed by atoms with Gasteiger partial charge in [-0.3, -0.25) is 0 Å². The van der Waals surface area contributed by atoms with Crippen molar-refractivity contribution in [3.05, 3.63) is 71.8 Å². The first-order chi connectivity index (χ1) is 14.1. The number of hydrogen-bond acceptors (Lipinski definition) is 5. The van der Waals surface area contributed by atoms with Gasteiger partial charge in [-0.2, -0.15) is 4.52 Å². The highest BCUT2D eigenvalue weighted by Crippen LogP contribution is 2.22. The largest absolute Gasteiger partial charge is 0.361 e. The molecule has 8 heteroatoms. The zero-order valence-electron chi connectivity index (χ0n) is 16.0. The minimum absolute atomic E-state index is 0.357. The molecule has 0 amide bonds. The van der Waals surface area contributed by atoms with Crippen LogP contribution in [-0.4, -0.2) is 29.4 Å². The second kappa shape index (κ2) is 6.66. The maximum absolute atomic E-state index is 14.2. The molecule has 1 N–H and O–H groups in total. The van der Waals surface area contributed by atoms with Crippen LogP contribution < -0.4 is 5.32 Å². The fourth-order valence-electron chi connectivity index (χ4n) is 3.38. The van der Waals surface area contributed by atoms with Crippen LogP contribution >= 0.6 is 0 Å². The standard InChI is InChI=1S/C21H18FN7/c1-13-7-8-17-16(11-13)24-20(28(17)2)12-23-18-9-10-19-25-26-21(29(19)27-18)14-5-3-4-6-15(14)22/h3-11H,12H2,1-2H3,(H,23,27). The molecule has 3 aromatic heterocycles. The van der Waals surface area contributed by atoms with Crippen LogP contribution in [0.3, 0.4) is 0 Å². The highest BCUT2D eigenvalue weighted by Gasteiger charge is 2.14. The number of benzene rings is 2. The van der Waals surface area contributed by atoms with E-state index in [0.29, 0.717) is 29.4 Å². The summed E-state index contributed by atoms with van der Waals surface area (Å²) < 4.78 is 17.8. The van der Waals surface area contributed by atoms with E-state index < -0.39 is 0 Å². The van der Waals surface area contributed by atoms with E-state index in [1.165, 1.54) is 11.6 Å². The Morgan fingerprint density at radius 3 is 2.76 bits per heavy atom. The van der Waals surface area contributed by atoms with Crippen molar-refractivity contribution < 1.29 is 4.39 Å². The Morgan fingerprint density at radius 1 is 1.03 bits per heavy atom. The zero-order valence-corrected chi connectivity index (χ0v) is 16.0. The number of aromatic nitrogens is 6. The zero-order chi connectivity index (χ0) is 20.0. The van der Waals surface area contributed by atoms with Crippen LogP contribution in [0.25, 0.3) is 28.1 Å². The smallest absolute Gasteiger partial charge is 0.188 e. The first-order valence-corrected chi connectivity index (χ1v) is 9.23. The number of hydrogen-bond donors (Lipinski definition) is 1. The molecule has 29 heavy (non-hydrogen) atoms. The number of aryl methyl sites for hydroxylation is 2. The van der Waals surface area contributed by atoms with Crippen molar-refractivity contribution in [1.82, 2.24) is 29.4 Å². The van der Waals surface area contributed by atoms with Crippen molar-refractivity contribution >= 4 is 22.5 Å². The highest BCUT2D eigenvalue weighted by atomic mass is 19.1. The van der Waals surface area contributed by atoms with Gasteiger partial charge < -0.3 is 9.88 Å². The number of rotatable bonds is 4. The van der Waals surface area contributed by atoms with Crippen LogP contribution in [0.5, 0.6) is 0 Å². The third-order valence-corrected chi connectivity index (χ3v) is 4.93. The third kappa shape index (κ3) is 2.98. The molecule has 0 bridgehead atoms. The maximum atomic E-state index is 14.2. The molecular formula is C21H18FN7. The van der Waals surface area contributed by atoms with Crippen molar-refractivity contribution in [2.75, 3.05) is 5.32 Å². The van der Waals surface area contributed by atoms with Crippen LogP contribution in [0.1, 0.15) is 11.4 Å². The van der Waals surface area contributed by atoms with Crippen LogP contribution in [0.2, 0.25) is 0 Å². The van der Waals surface area contributed by atoms with Gasteiger partial charge in [0.15, 0.2) is 11.5 Å². The minimum Gasteiger partial charge on any atom is -0.361 e. The molecule has 0 atom stereocenters. The molecule has 7 nitrogen and oxygen atoms in total. The molecule has 2 aromatic carbocycles. The van der Waals surface area contributed by atoms with E-state index in [1.54, 1.807) is 28.8 Å². The molecule has 0 unspecified atom stereocenters. The second-order valence-corrected chi connectivity index (χ2v) is 6.92. The number of halogens is 1. The maximum Gasteiger partial charge on any atom is 0.188 e. The fraction of sp³-hybridized carbons (Fsp3) is 0.143.